The topological polar surface area (TPSA) is 468 Å². The first-order chi connectivity index (χ1) is 45.9. The Kier molecular flexibility index (Phi) is 24.1. The zero-order valence-corrected chi connectivity index (χ0v) is 52.8. The molecule has 5 aromatic rings. The Hall–Kier alpha value is -10.6. The van der Waals surface area contributed by atoms with Gasteiger partial charge in [-0.05, 0) is 162 Å². The third-order valence-corrected chi connectivity index (χ3v) is 16.1. The largest absolute Gasteiger partial charge is 0.508 e. The van der Waals surface area contributed by atoms with Gasteiger partial charge in [0.1, 0.15) is 65.8 Å². The molecule has 17 N–H and O–H groups in total. The quantitative estimate of drug-likeness (QED) is 0.00997. The summed E-state index contributed by atoms with van der Waals surface area (Å²) in [6.07, 6.45) is 2.38. The predicted molar refractivity (Wildman–Crippen MR) is 340 cm³/mol. The highest BCUT2D eigenvalue weighted by Crippen LogP contribution is 2.57. The maximum atomic E-state index is 14.0. The van der Waals surface area contributed by atoms with Crippen molar-refractivity contribution in [2.75, 3.05) is 31.4 Å². The first-order valence-electron chi connectivity index (χ1n) is 31.0. The summed E-state index contributed by atoms with van der Waals surface area (Å²) < 4.78 is 12.1. The van der Waals surface area contributed by atoms with Gasteiger partial charge in [0.25, 0.3) is 11.8 Å². The normalized spacial score (nSPS) is 16.7. The number of unbranched alkanes of at least 4 members (excludes halogenated alkanes) is 2. The number of hydrogen-bond donors (Lipinski definition) is 16. The van der Waals surface area contributed by atoms with E-state index in [-0.39, 0.29) is 77.4 Å². The number of nitrogens with two attached hydrogens (primary N) is 1. The van der Waals surface area contributed by atoms with Crippen LogP contribution >= 0.6 is 0 Å². The van der Waals surface area contributed by atoms with Gasteiger partial charge < -0.3 is 56.3 Å². The van der Waals surface area contributed by atoms with Crippen LogP contribution in [-0.4, -0.2) is 152 Å². The summed E-state index contributed by atoms with van der Waals surface area (Å²) in [5.74, 6) is -2.58. The van der Waals surface area contributed by atoms with Gasteiger partial charge in [-0.15, -0.1) is 5.23 Å². The lowest BCUT2D eigenvalue weighted by molar-refractivity contribution is -0.142. The molecule has 32 heteroatoms. The molecule has 0 saturated carbocycles. The first kappa shape index (κ1) is 71.2. The van der Waals surface area contributed by atoms with Crippen LogP contribution in [0.25, 0.3) is 0 Å². The van der Waals surface area contributed by atoms with E-state index in [9.17, 15) is 63.3 Å². The number of likely N-dealkylation sites (tertiary alicyclic amines) is 1. The molecule has 1 saturated heterocycles. The van der Waals surface area contributed by atoms with E-state index in [0.29, 0.717) is 72.3 Å². The second-order valence-electron chi connectivity index (χ2n) is 23.4. The van der Waals surface area contributed by atoms with Crippen molar-refractivity contribution in [3.05, 3.63) is 137 Å². The predicted octanol–water partition coefficient (Wildman–Crippen LogP) is 2.83. The Balaban J connectivity index is 0.814. The summed E-state index contributed by atoms with van der Waals surface area (Å²) in [5.41, 5.74) is 13.9. The Labute approximate surface area is 549 Å². The van der Waals surface area contributed by atoms with Gasteiger partial charge in [-0.25, -0.2) is 15.6 Å². The number of carboxylic acids is 1. The number of ether oxygens (including phenoxy) is 2. The number of hydrazine groups is 3. The molecule has 3 heterocycles. The molecule has 1 spiro atoms. The van der Waals surface area contributed by atoms with E-state index >= 15 is 0 Å². The molecule has 3 aliphatic rings. The van der Waals surface area contributed by atoms with Crippen LogP contribution < -0.4 is 69.5 Å². The molecule has 96 heavy (non-hydrogen) atoms. The molecule has 8 amide bonds. The van der Waals surface area contributed by atoms with E-state index in [1.54, 1.807) is 26.0 Å². The van der Waals surface area contributed by atoms with Gasteiger partial charge in [0.15, 0.2) is 5.60 Å². The molecule has 510 valence electrons. The number of esters is 1. The monoisotopic (exact) mass is 1330 g/mol. The van der Waals surface area contributed by atoms with Gasteiger partial charge in [0.05, 0.1) is 28.2 Å². The Morgan fingerprint density at radius 2 is 1.28 bits per heavy atom. The number of nitrogens with one attached hydrogen (secondary N) is 10. The van der Waals surface area contributed by atoms with Crippen molar-refractivity contribution < 1.29 is 83.2 Å². The summed E-state index contributed by atoms with van der Waals surface area (Å²) in [6.45, 7) is 6.11. The highest BCUT2D eigenvalue weighted by Gasteiger charge is 2.54. The van der Waals surface area contributed by atoms with Crippen LogP contribution in [0.2, 0.25) is 0 Å². The number of amides is 8. The molecule has 0 bridgehead atoms. The lowest BCUT2D eigenvalue weighted by Gasteiger charge is -2.36. The van der Waals surface area contributed by atoms with E-state index in [1.165, 1.54) is 110 Å². The van der Waals surface area contributed by atoms with Crippen molar-refractivity contribution >= 4 is 76.3 Å². The molecule has 1 fully saturated rings. The molecule has 0 aliphatic carbocycles. The SMILES string of the molecule is CC(C)[C@H](NC(=O)[C@@H]1CCCN1C(=O)[C@H](C)NC(=O)[C@H](C)NC(=O)[C@H](CCCCNN)NNC(=O)c1ccc2c(c1)C(=O)OC21c2ccc(O)cc2Oc2ccc(O)cc21)C(=O)N[C@@H](CCCCNNC(=O)c1ccc(N=Nc2ccc(N(O)O)cc2)cc1)C(=O)NCC(=O)O. The average molecular weight is 1330 g/mol. The number of azo groups is 1. The van der Waals surface area contributed by atoms with Crippen molar-refractivity contribution in [2.24, 2.45) is 22.0 Å². The van der Waals surface area contributed by atoms with E-state index in [1.807, 2.05) is 0 Å². The van der Waals surface area contributed by atoms with Gasteiger partial charge in [-0.1, -0.05) is 19.9 Å². The molecule has 5 aromatic carbocycles. The Bertz CT molecular complexity index is 3740. The zero-order chi connectivity index (χ0) is 69.4. The maximum Gasteiger partial charge on any atom is 0.340 e. The van der Waals surface area contributed by atoms with Crippen molar-refractivity contribution in [1.29, 1.82) is 0 Å². The van der Waals surface area contributed by atoms with Crippen molar-refractivity contribution in [2.45, 2.75) is 121 Å². The van der Waals surface area contributed by atoms with Gasteiger partial charge in [-0.3, -0.25) is 75.7 Å². The Morgan fingerprint density at radius 3 is 1.96 bits per heavy atom. The second kappa shape index (κ2) is 32.5. The minimum atomic E-state index is -1.63. The number of fused-ring (bicyclic) bond motifs is 6. The fourth-order valence-electron chi connectivity index (χ4n) is 11.1. The second-order valence-corrected chi connectivity index (χ2v) is 23.4. The number of anilines is 1. The molecule has 8 rings (SSSR count). The third kappa shape index (κ3) is 17.6. The summed E-state index contributed by atoms with van der Waals surface area (Å²) >= 11 is 0. The molecule has 3 aliphatic heterocycles. The molecule has 7 atom stereocenters. The van der Waals surface area contributed by atoms with Crippen LogP contribution in [0, 0.1) is 5.92 Å². The molecular formula is C64H77N15O17. The van der Waals surface area contributed by atoms with Gasteiger partial charge in [0, 0.05) is 48.0 Å². The fourth-order valence-corrected chi connectivity index (χ4v) is 11.1. The number of aliphatic carboxylic acids is 1. The number of benzene rings is 5. The summed E-state index contributed by atoms with van der Waals surface area (Å²) in [5, 5.41) is 69.3. The van der Waals surface area contributed by atoms with E-state index < -0.39 is 114 Å². The molecule has 32 nitrogen and oxygen atoms in total. The van der Waals surface area contributed by atoms with E-state index in [2.05, 4.69) is 63.9 Å². The number of carboxylic acid groups (broad SMARTS) is 1. The number of carbonyl (C=O) groups excluding carboxylic acids is 9. The summed E-state index contributed by atoms with van der Waals surface area (Å²) in [6, 6.07) is 17.8. The van der Waals surface area contributed by atoms with E-state index in [4.69, 9.17) is 25.7 Å². The number of rotatable bonds is 31. The number of aromatic hydroxyl groups is 2. The van der Waals surface area contributed by atoms with Gasteiger partial charge >= 0.3 is 11.9 Å². The van der Waals surface area contributed by atoms with Crippen molar-refractivity contribution in [3.63, 3.8) is 0 Å². The smallest absolute Gasteiger partial charge is 0.340 e. The van der Waals surface area contributed by atoms with Gasteiger partial charge in [0.2, 0.25) is 35.4 Å². The average Bonchev–Trinajstić information content (AvgIpc) is 1.45. The van der Waals surface area contributed by atoms with Crippen LogP contribution in [-0.2, 0) is 43.9 Å². The van der Waals surface area contributed by atoms with Crippen molar-refractivity contribution in [1.82, 2.24) is 58.6 Å². The van der Waals surface area contributed by atoms with Crippen LogP contribution in [0.5, 0.6) is 23.0 Å². The minimum Gasteiger partial charge on any atom is -0.508 e. The molecule has 0 radical (unpaired) electrons. The molecule has 0 aromatic heterocycles. The maximum absolute atomic E-state index is 14.0. The highest BCUT2D eigenvalue weighted by atomic mass is 16.8. The van der Waals surface area contributed by atoms with Crippen LogP contribution in [0.4, 0.5) is 17.1 Å². The minimum absolute atomic E-state index is 0.00719. The summed E-state index contributed by atoms with van der Waals surface area (Å²) in [4.78, 5) is 136. The Morgan fingerprint density at radius 1 is 0.656 bits per heavy atom. The zero-order valence-electron chi connectivity index (χ0n) is 52.8. The van der Waals surface area contributed by atoms with E-state index in [0.717, 1.165) is 0 Å². The number of hydrogen-bond acceptors (Lipinski definition) is 23. The van der Waals surface area contributed by atoms with Crippen LogP contribution in [0.15, 0.2) is 113 Å². The van der Waals surface area contributed by atoms with Crippen LogP contribution in [0.3, 0.4) is 0 Å². The number of phenols is 2. The third-order valence-electron chi connectivity index (χ3n) is 16.1. The molecule has 1 unspecified atom stereocenters. The van der Waals surface area contributed by atoms with Gasteiger partial charge in [-0.2, -0.15) is 10.2 Å². The number of nitrogens with zero attached hydrogens (tertiary/aromatic N) is 4. The molecular weight excluding hydrogens is 1250 g/mol. The highest BCUT2D eigenvalue weighted by molar-refractivity contribution is 6.02. The summed E-state index contributed by atoms with van der Waals surface area (Å²) in [7, 11) is 0. The fraction of sp³-hybridized carbons (Fsp3) is 0.375. The standard InChI is InChI=1S/C64H77N15O17/c1-34(2)54(61(90)71-48(58(87)66-33-53(82)83)10-6-8-28-68-76-56(85)37-13-16-39(17-14-37)73-74-40-18-20-41(21-19-40)79(93)94)72-60(89)50-12-9-29-78(50)62(91)36(4)70-55(84)35(3)69-59(88)49(11-5-7-27-67-65)75-77-57(86)38-15-24-45-44(30-38)63(92)96-64(45)46-25-22-43(81)32-52(46)95-51-26-23-42(80)31-47(51)64/h13-26,30-32,34-36,48-50,54,67-68,75,80-81,93-94H,5-12,27-29,33,65H2,1-4H3,(H,66,87)(H,69,88)(H,70,84)(H,71,90)(H,72,89)(H,76,85)(H,77,86)(H,82,83)/t35-,36-,48-,49-,50-,54-,64?/m0/s1. The number of carbonyl (C=O) groups is 10. The first-order valence-corrected chi connectivity index (χ1v) is 31.0. The lowest BCUT2D eigenvalue weighted by Crippen LogP contribution is -2.59. The number of phenolic OH excluding ortho intramolecular Hbond substituents is 2. The lowest BCUT2D eigenvalue weighted by atomic mass is 9.77. The van der Waals surface area contributed by atoms with Crippen LogP contribution in [0.1, 0.15) is 127 Å². The van der Waals surface area contributed by atoms with Crippen molar-refractivity contribution in [3.8, 4) is 23.0 Å².